The van der Waals surface area contributed by atoms with Gasteiger partial charge in [0.25, 0.3) is 0 Å². The van der Waals surface area contributed by atoms with E-state index in [1.165, 1.54) is 6.08 Å². The summed E-state index contributed by atoms with van der Waals surface area (Å²) in [5.41, 5.74) is 0. The summed E-state index contributed by atoms with van der Waals surface area (Å²) in [6, 6.07) is 1.01. The van der Waals surface area contributed by atoms with E-state index >= 15 is 0 Å². The van der Waals surface area contributed by atoms with Crippen LogP contribution in [0.3, 0.4) is 0 Å². The van der Waals surface area contributed by atoms with Gasteiger partial charge in [0.15, 0.2) is 0 Å². The van der Waals surface area contributed by atoms with Crippen LogP contribution >= 0.6 is 0 Å². The molecule has 18 heavy (non-hydrogen) atoms. The molecule has 3 nitrogen and oxygen atoms in total. The average Bonchev–Trinajstić information content (AvgIpc) is 2.41. The van der Waals surface area contributed by atoms with E-state index < -0.39 is 0 Å². The first-order valence-corrected chi connectivity index (χ1v) is 7.23. The monoisotopic (exact) mass is 256 g/mol. The minimum Gasteiger partial charge on any atom is -0.336 e. The minimum absolute atomic E-state index is 0.0558. The lowest BCUT2D eigenvalue weighted by Crippen LogP contribution is -2.55. The molecule has 1 rings (SSSR count). The number of carbonyl (C=O) groups excluding carboxylic acids is 1. The van der Waals surface area contributed by atoms with E-state index in [2.05, 4.69) is 32.3 Å². The molecule has 1 atom stereocenters. The van der Waals surface area contributed by atoms with Gasteiger partial charge < -0.3 is 4.90 Å². The van der Waals surface area contributed by atoms with E-state index in [4.69, 9.17) is 0 Å². The van der Waals surface area contributed by atoms with E-state index in [1.807, 2.05) is 32.6 Å². The Balaban J connectivity index is 0. The summed E-state index contributed by atoms with van der Waals surface area (Å²) >= 11 is 0. The van der Waals surface area contributed by atoms with Crippen molar-refractivity contribution in [2.75, 3.05) is 19.6 Å². The van der Waals surface area contributed by atoms with Gasteiger partial charge in [-0.05, 0) is 26.8 Å². The molecular formula is C15H32N2O. The fraction of sp³-hybridized carbons (Fsp3) is 0.800. The first-order valence-electron chi connectivity index (χ1n) is 7.23. The van der Waals surface area contributed by atoms with E-state index in [0.717, 1.165) is 19.6 Å². The van der Waals surface area contributed by atoms with Crippen molar-refractivity contribution >= 4 is 5.91 Å². The molecule has 0 N–H and O–H groups in total. The number of carbonyl (C=O) groups is 1. The Morgan fingerprint density at radius 1 is 1.22 bits per heavy atom. The maximum absolute atomic E-state index is 11.4. The summed E-state index contributed by atoms with van der Waals surface area (Å²) in [5, 5.41) is 0. The molecule has 0 saturated carbocycles. The van der Waals surface area contributed by atoms with Crippen LogP contribution in [-0.4, -0.2) is 47.4 Å². The Hall–Kier alpha value is -0.830. The highest BCUT2D eigenvalue weighted by molar-refractivity contribution is 5.87. The van der Waals surface area contributed by atoms with Crippen molar-refractivity contribution in [1.29, 1.82) is 0 Å². The van der Waals surface area contributed by atoms with Crippen LogP contribution in [0.4, 0.5) is 0 Å². The topological polar surface area (TPSA) is 23.6 Å². The van der Waals surface area contributed by atoms with Gasteiger partial charge in [-0.3, -0.25) is 9.69 Å². The van der Waals surface area contributed by atoms with Crippen molar-refractivity contribution in [3.8, 4) is 0 Å². The van der Waals surface area contributed by atoms with Crippen molar-refractivity contribution in [3.63, 3.8) is 0 Å². The number of piperazine rings is 1. The van der Waals surface area contributed by atoms with Gasteiger partial charge in [0.1, 0.15) is 0 Å². The number of hydrogen-bond acceptors (Lipinski definition) is 2. The van der Waals surface area contributed by atoms with E-state index in [1.54, 1.807) is 0 Å². The summed E-state index contributed by atoms with van der Waals surface area (Å²) in [7, 11) is 0. The maximum Gasteiger partial charge on any atom is 0.246 e. The number of amides is 1. The van der Waals surface area contributed by atoms with Crippen LogP contribution in [0.2, 0.25) is 0 Å². The Morgan fingerprint density at radius 3 is 2.06 bits per heavy atom. The van der Waals surface area contributed by atoms with Gasteiger partial charge >= 0.3 is 0 Å². The lowest BCUT2D eigenvalue weighted by molar-refractivity contribution is -0.129. The van der Waals surface area contributed by atoms with Gasteiger partial charge in [-0.15, -0.1) is 0 Å². The molecule has 1 amide bonds. The van der Waals surface area contributed by atoms with Crippen molar-refractivity contribution in [2.24, 2.45) is 0 Å². The molecule has 0 unspecified atom stereocenters. The molecule has 0 aromatic rings. The van der Waals surface area contributed by atoms with Gasteiger partial charge in [0, 0.05) is 31.7 Å². The van der Waals surface area contributed by atoms with Crippen molar-refractivity contribution < 1.29 is 4.79 Å². The summed E-state index contributed by atoms with van der Waals surface area (Å²) in [4.78, 5) is 15.7. The van der Waals surface area contributed by atoms with Gasteiger partial charge in [-0.25, -0.2) is 0 Å². The number of hydrogen-bond donors (Lipinski definition) is 0. The number of nitrogens with zero attached hydrogens (tertiary/aromatic N) is 2. The Bertz CT molecular complexity index is 227. The van der Waals surface area contributed by atoms with E-state index in [-0.39, 0.29) is 5.91 Å². The zero-order valence-corrected chi connectivity index (χ0v) is 13.4. The smallest absolute Gasteiger partial charge is 0.246 e. The third-order valence-electron chi connectivity index (χ3n) is 2.83. The molecular weight excluding hydrogens is 224 g/mol. The zero-order valence-electron chi connectivity index (χ0n) is 13.4. The Kier molecular flexibility index (Phi) is 12.2. The zero-order chi connectivity index (χ0) is 14.7. The van der Waals surface area contributed by atoms with Gasteiger partial charge in [0.2, 0.25) is 5.91 Å². The van der Waals surface area contributed by atoms with Crippen LogP contribution in [0.15, 0.2) is 12.7 Å². The molecule has 1 saturated heterocycles. The lowest BCUT2D eigenvalue weighted by Gasteiger charge is -2.41. The maximum atomic E-state index is 11.4. The molecule has 108 valence electrons. The predicted molar refractivity (Wildman–Crippen MR) is 80.8 cm³/mol. The van der Waals surface area contributed by atoms with Crippen molar-refractivity contribution in [1.82, 2.24) is 9.80 Å². The quantitative estimate of drug-likeness (QED) is 0.709. The highest BCUT2D eigenvalue weighted by Gasteiger charge is 2.26. The first kappa shape index (κ1) is 19.5. The SMILES string of the molecule is C=CC(=O)N1CCN(C(C)C)[C@@H](C)C1.CC.CC. The van der Waals surface area contributed by atoms with Crippen LogP contribution in [0.25, 0.3) is 0 Å². The van der Waals surface area contributed by atoms with Gasteiger partial charge in [-0.1, -0.05) is 34.3 Å². The predicted octanol–water partition coefficient (Wildman–Crippen LogP) is 3.17. The second-order valence-corrected chi connectivity index (χ2v) is 4.17. The lowest BCUT2D eigenvalue weighted by atomic mass is 10.1. The minimum atomic E-state index is 0.0558. The first-order chi connectivity index (χ1) is 8.56. The largest absolute Gasteiger partial charge is 0.336 e. The van der Waals surface area contributed by atoms with Crippen LogP contribution in [0, 0.1) is 0 Å². The van der Waals surface area contributed by atoms with Crippen molar-refractivity contribution in [2.45, 2.75) is 60.5 Å². The highest BCUT2D eigenvalue weighted by Crippen LogP contribution is 2.12. The normalized spacial score (nSPS) is 19.3. The number of rotatable bonds is 2. The second kappa shape index (κ2) is 11.3. The molecule has 0 aliphatic carbocycles. The standard InChI is InChI=1S/C11H20N2O.2C2H6/c1-5-11(14)12-6-7-13(9(2)3)10(4)8-12;2*1-2/h5,9-10H,1,6-8H2,2-4H3;2*1-2H3/t10-;;/m0../s1. The van der Waals surface area contributed by atoms with Crippen LogP contribution in [-0.2, 0) is 4.79 Å². The molecule has 0 spiro atoms. The van der Waals surface area contributed by atoms with E-state index in [9.17, 15) is 4.79 Å². The van der Waals surface area contributed by atoms with Crippen molar-refractivity contribution in [3.05, 3.63) is 12.7 Å². The molecule has 1 aliphatic heterocycles. The molecule has 1 aliphatic rings. The van der Waals surface area contributed by atoms with E-state index in [0.29, 0.717) is 12.1 Å². The molecule has 0 aromatic heterocycles. The summed E-state index contributed by atoms with van der Waals surface area (Å²) in [6.45, 7) is 20.7. The van der Waals surface area contributed by atoms with Crippen LogP contribution in [0.5, 0.6) is 0 Å². The van der Waals surface area contributed by atoms with Gasteiger partial charge in [-0.2, -0.15) is 0 Å². The second-order valence-electron chi connectivity index (χ2n) is 4.17. The highest BCUT2D eigenvalue weighted by atomic mass is 16.2. The molecule has 0 bridgehead atoms. The summed E-state index contributed by atoms with van der Waals surface area (Å²) in [6.07, 6.45) is 1.40. The molecule has 0 radical (unpaired) electrons. The van der Waals surface area contributed by atoms with Gasteiger partial charge in [0.05, 0.1) is 0 Å². The van der Waals surface area contributed by atoms with Crippen LogP contribution < -0.4 is 0 Å². The Morgan fingerprint density at radius 2 is 1.72 bits per heavy atom. The summed E-state index contributed by atoms with van der Waals surface area (Å²) in [5.74, 6) is 0.0558. The summed E-state index contributed by atoms with van der Waals surface area (Å²) < 4.78 is 0. The fourth-order valence-corrected chi connectivity index (χ4v) is 2.07. The Labute approximate surface area is 114 Å². The molecule has 1 heterocycles. The average molecular weight is 256 g/mol. The fourth-order valence-electron chi connectivity index (χ4n) is 2.07. The molecule has 3 heteroatoms. The van der Waals surface area contributed by atoms with Crippen LogP contribution in [0.1, 0.15) is 48.5 Å². The molecule has 1 fully saturated rings. The third kappa shape index (κ3) is 6.20. The third-order valence-corrected chi connectivity index (χ3v) is 2.83. The molecule has 0 aromatic carbocycles.